The highest BCUT2D eigenvalue weighted by atomic mass is 16.3. The van der Waals surface area contributed by atoms with Gasteiger partial charge in [-0.3, -0.25) is 9.80 Å². The molecule has 2 fully saturated rings. The van der Waals surface area contributed by atoms with Crippen LogP contribution in [0.15, 0.2) is 29.3 Å². The van der Waals surface area contributed by atoms with Gasteiger partial charge in [-0.1, -0.05) is 0 Å². The lowest BCUT2D eigenvalue weighted by Gasteiger charge is -2.51. The van der Waals surface area contributed by atoms with Gasteiger partial charge < -0.3 is 9.52 Å². The maximum Gasteiger partial charge on any atom is 0.140 e. The number of hydrogen-bond donors (Lipinski definition) is 1. The van der Waals surface area contributed by atoms with Crippen LogP contribution < -0.4 is 0 Å². The first-order valence-corrected chi connectivity index (χ1v) is 10.2. The zero-order chi connectivity index (χ0) is 18.7. The summed E-state index contributed by atoms with van der Waals surface area (Å²) in [4.78, 5) is 9.38. The van der Waals surface area contributed by atoms with Crippen LogP contribution in [0.1, 0.15) is 37.6 Å². The molecule has 0 saturated carbocycles. The van der Waals surface area contributed by atoms with Gasteiger partial charge in [0, 0.05) is 37.7 Å². The number of rotatable bonds is 6. The van der Waals surface area contributed by atoms with Crippen LogP contribution in [-0.2, 0) is 19.6 Å². The molecule has 7 heteroatoms. The fourth-order valence-corrected chi connectivity index (χ4v) is 4.91. The van der Waals surface area contributed by atoms with Gasteiger partial charge in [0.05, 0.1) is 19.1 Å². The highest BCUT2D eigenvalue weighted by Gasteiger charge is 2.44. The first-order valence-electron chi connectivity index (χ1n) is 10.2. The van der Waals surface area contributed by atoms with E-state index in [0.717, 1.165) is 64.5 Å². The number of nitrogens with zero attached hydrogens (tertiary/aromatic N) is 5. The van der Waals surface area contributed by atoms with Crippen molar-refractivity contribution in [3.05, 3.63) is 36.3 Å². The van der Waals surface area contributed by atoms with Crippen LogP contribution in [-0.4, -0.2) is 62.5 Å². The molecule has 27 heavy (non-hydrogen) atoms. The minimum atomic E-state index is 0.284. The molecule has 1 N–H and O–H groups in total. The van der Waals surface area contributed by atoms with Crippen molar-refractivity contribution < 1.29 is 9.52 Å². The second kappa shape index (κ2) is 8.12. The summed E-state index contributed by atoms with van der Waals surface area (Å²) in [5.41, 5.74) is 1.51. The minimum Gasteiger partial charge on any atom is -0.472 e. The Morgan fingerprint density at radius 2 is 1.96 bits per heavy atom. The molecule has 0 amide bonds. The summed E-state index contributed by atoms with van der Waals surface area (Å²) in [6.45, 7) is 9.29. The zero-order valence-corrected chi connectivity index (χ0v) is 16.3. The highest BCUT2D eigenvalue weighted by Crippen LogP contribution is 2.45. The molecule has 2 aliphatic rings. The average molecular weight is 374 g/mol. The van der Waals surface area contributed by atoms with Crippen LogP contribution in [0.25, 0.3) is 0 Å². The summed E-state index contributed by atoms with van der Waals surface area (Å²) in [6.07, 6.45) is 8.72. The van der Waals surface area contributed by atoms with E-state index in [2.05, 4.69) is 26.8 Å². The summed E-state index contributed by atoms with van der Waals surface area (Å²) in [5, 5.41) is 14.4. The van der Waals surface area contributed by atoms with E-state index in [1.54, 1.807) is 12.6 Å². The molecule has 2 aromatic rings. The second-order valence-electron chi connectivity index (χ2n) is 8.13. The van der Waals surface area contributed by atoms with Crippen LogP contribution in [0.5, 0.6) is 0 Å². The number of aliphatic hydroxyl groups excluding tert-OH is 1. The van der Waals surface area contributed by atoms with E-state index in [-0.39, 0.29) is 12.0 Å². The van der Waals surface area contributed by atoms with Crippen molar-refractivity contribution in [2.75, 3.05) is 32.8 Å². The Bertz CT molecular complexity index is 706. The van der Waals surface area contributed by atoms with Crippen molar-refractivity contribution in [3.63, 3.8) is 0 Å². The molecule has 1 spiro atoms. The van der Waals surface area contributed by atoms with E-state index < -0.39 is 0 Å². The first kappa shape index (κ1) is 18.7. The highest BCUT2D eigenvalue weighted by molar-refractivity contribution is 5.06. The van der Waals surface area contributed by atoms with Crippen LogP contribution in [0.3, 0.4) is 0 Å². The molecule has 4 rings (SSSR count). The number of piperidine rings is 2. The Balaban J connectivity index is 1.34. The summed E-state index contributed by atoms with van der Waals surface area (Å²) in [6, 6.07) is 2.03. The molecular formula is C20H31N5O2. The monoisotopic (exact) mass is 373 g/mol. The van der Waals surface area contributed by atoms with Crippen molar-refractivity contribution in [1.29, 1.82) is 0 Å². The third-order valence-corrected chi connectivity index (χ3v) is 6.69. The largest absolute Gasteiger partial charge is 0.472 e. The van der Waals surface area contributed by atoms with Crippen LogP contribution in [0, 0.1) is 11.3 Å². The van der Waals surface area contributed by atoms with Gasteiger partial charge in [-0.05, 0) is 57.3 Å². The van der Waals surface area contributed by atoms with Gasteiger partial charge in [0.15, 0.2) is 0 Å². The predicted molar refractivity (Wildman–Crippen MR) is 102 cm³/mol. The van der Waals surface area contributed by atoms with Gasteiger partial charge in [0.1, 0.15) is 12.2 Å². The Labute approximate surface area is 161 Å². The van der Waals surface area contributed by atoms with E-state index in [1.807, 2.05) is 17.0 Å². The number of aromatic nitrogens is 3. The summed E-state index contributed by atoms with van der Waals surface area (Å²) in [7, 11) is 0. The lowest BCUT2D eigenvalue weighted by molar-refractivity contribution is -0.0455. The summed E-state index contributed by atoms with van der Waals surface area (Å²) >= 11 is 0. The van der Waals surface area contributed by atoms with E-state index >= 15 is 0 Å². The predicted octanol–water partition coefficient (Wildman–Crippen LogP) is 1.99. The van der Waals surface area contributed by atoms with Crippen molar-refractivity contribution in [2.45, 2.75) is 45.8 Å². The molecular weight excluding hydrogens is 342 g/mol. The van der Waals surface area contributed by atoms with E-state index in [4.69, 9.17) is 4.42 Å². The fourth-order valence-electron chi connectivity index (χ4n) is 4.91. The van der Waals surface area contributed by atoms with Gasteiger partial charge >= 0.3 is 0 Å². The normalized spacial score (nSPS) is 23.9. The third kappa shape index (κ3) is 3.95. The molecule has 1 atom stereocenters. The van der Waals surface area contributed by atoms with Crippen LogP contribution in [0.4, 0.5) is 0 Å². The van der Waals surface area contributed by atoms with Gasteiger partial charge in [0.2, 0.25) is 0 Å². The molecule has 148 valence electrons. The SMILES string of the molecule is CCn1ncnc1CN1CCC2(CC1)CCN(Cc1ccoc1)C[C@H]2CO. The second-order valence-corrected chi connectivity index (χ2v) is 8.13. The molecule has 2 aromatic heterocycles. The number of hydrogen-bond acceptors (Lipinski definition) is 6. The number of aliphatic hydroxyl groups is 1. The topological polar surface area (TPSA) is 70.6 Å². The van der Waals surface area contributed by atoms with E-state index in [1.165, 1.54) is 12.0 Å². The van der Waals surface area contributed by atoms with Crippen molar-refractivity contribution in [2.24, 2.45) is 11.3 Å². The van der Waals surface area contributed by atoms with Gasteiger partial charge in [-0.2, -0.15) is 5.10 Å². The number of aryl methyl sites for hydroxylation is 1. The number of furan rings is 1. The standard InChI is InChI=1S/C20H31N5O2/c1-2-25-19(21-16-22-25)13-23-7-4-20(5-8-23)6-9-24(12-18(20)14-26)11-17-3-10-27-15-17/h3,10,15-16,18,26H,2,4-9,11-14H2,1H3/t18-/m0/s1. The number of likely N-dealkylation sites (tertiary alicyclic amines) is 2. The lowest BCUT2D eigenvalue weighted by atomic mass is 9.64. The fraction of sp³-hybridized carbons (Fsp3) is 0.700. The Hall–Kier alpha value is -1.70. The molecule has 2 saturated heterocycles. The van der Waals surface area contributed by atoms with Crippen molar-refractivity contribution in [1.82, 2.24) is 24.6 Å². The Morgan fingerprint density at radius 1 is 1.19 bits per heavy atom. The van der Waals surface area contributed by atoms with Crippen molar-refractivity contribution in [3.8, 4) is 0 Å². The lowest BCUT2D eigenvalue weighted by Crippen LogP contribution is -2.53. The average Bonchev–Trinajstić information content (AvgIpc) is 3.37. The summed E-state index contributed by atoms with van der Waals surface area (Å²) < 4.78 is 7.18. The molecule has 0 aromatic carbocycles. The summed E-state index contributed by atoms with van der Waals surface area (Å²) in [5.74, 6) is 1.42. The van der Waals surface area contributed by atoms with Gasteiger partial charge in [0.25, 0.3) is 0 Å². The van der Waals surface area contributed by atoms with Crippen LogP contribution in [0.2, 0.25) is 0 Å². The first-order chi connectivity index (χ1) is 13.2. The molecule has 0 radical (unpaired) electrons. The molecule has 4 heterocycles. The van der Waals surface area contributed by atoms with Gasteiger partial charge in [-0.25, -0.2) is 9.67 Å². The Morgan fingerprint density at radius 3 is 2.63 bits per heavy atom. The molecule has 2 aliphatic heterocycles. The van der Waals surface area contributed by atoms with Crippen molar-refractivity contribution >= 4 is 0 Å². The minimum absolute atomic E-state index is 0.284. The third-order valence-electron chi connectivity index (χ3n) is 6.69. The molecule has 0 unspecified atom stereocenters. The Kier molecular flexibility index (Phi) is 5.61. The molecule has 0 aliphatic carbocycles. The smallest absolute Gasteiger partial charge is 0.140 e. The van der Waals surface area contributed by atoms with Crippen LogP contribution >= 0.6 is 0 Å². The maximum absolute atomic E-state index is 10.1. The molecule has 7 nitrogen and oxygen atoms in total. The van der Waals surface area contributed by atoms with Gasteiger partial charge in [-0.15, -0.1) is 0 Å². The van der Waals surface area contributed by atoms with E-state index in [9.17, 15) is 5.11 Å². The maximum atomic E-state index is 10.1. The van der Waals surface area contributed by atoms with E-state index in [0.29, 0.717) is 5.92 Å². The quantitative estimate of drug-likeness (QED) is 0.835. The zero-order valence-electron chi connectivity index (χ0n) is 16.3. The molecule has 0 bridgehead atoms.